The molecule has 0 heterocycles. The Hall–Kier alpha value is -1.12. The lowest BCUT2D eigenvalue weighted by molar-refractivity contribution is -0.212. The van der Waals surface area contributed by atoms with Crippen LogP contribution in [0.1, 0.15) is 91.0 Å². The molecule has 0 saturated heterocycles. The minimum absolute atomic E-state index is 0.263. The molecular weight excluding hydrogens is 318 g/mol. The van der Waals surface area contributed by atoms with E-state index < -0.39 is 12.0 Å². The Balaban J connectivity index is 0.00000151. The van der Waals surface area contributed by atoms with Gasteiger partial charge in [0.25, 0.3) is 0 Å². The molecule has 1 aliphatic rings. The topological polar surface area (TPSA) is 9.23 Å². The lowest BCUT2D eigenvalue weighted by Gasteiger charge is -2.29. The van der Waals surface area contributed by atoms with Gasteiger partial charge in [-0.1, -0.05) is 59.6 Å². The smallest absolute Gasteiger partial charge is 0.400 e. The minimum atomic E-state index is -3.10. The number of benzene rings is 1. The van der Waals surface area contributed by atoms with E-state index in [1.807, 2.05) is 26.0 Å². The zero-order chi connectivity index (χ0) is 18.9. The van der Waals surface area contributed by atoms with Crippen LogP contribution >= 0.6 is 0 Å². The molecule has 1 nitrogen and oxygen atoms in total. The van der Waals surface area contributed by atoms with Gasteiger partial charge in [0, 0.05) is 0 Å². The zero-order valence-electron chi connectivity index (χ0n) is 16.7. The summed E-state index contributed by atoms with van der Waals surface area (Å²) in [7, 11) is 0. The van der Waals surface area contributed by atoms with Gasteiger partial charge in [-0.25, -0.2) is 0 Å². The zero-order valence-corrected chi connectivity index (χ0v) is 16.7. The highest BCUT2D eigenvalue weighted by Gasteiger charge is 2.38. The fourth-order valence-electron chi connectivity index (χ4n) is 3.50. The normalized spacial score (nSPS) is 21.9. The number of rotatable bonds is 7. The van der Waals surface area contributed by atoms with Crippen LogP contribution in [0.2, 0.25) is 0 Å². The second kappa shape index (κ2) is 10.8. The van der Waals surface area contributed by atoms with Crippen LogP contribution in [0.25, 0.3) is 0 Å². The predicted octanol–water partition coefficient (Wildman–Crippen LogP) is 7.80. The lowest BCUT2D eigenvalue weighted by atomic mass is 9.77. The van der Waals surface area contributed by atoms with Gasteiger partial charge in [0.15, 0.2) is 0 Å². The van der Waals surface area contributed by atoms with E-state index >= 15 is 0 Å². The second-order valence-corrected chi connectivity index (χ2v) is 7.05. The van der Waals surface area contributed by atoms with Gasteiger partial charge in [-0.3, -0.25) is 0 Å². The van der Waals surface area contributed by atoms with Crippen molar-refractivity contribution in [1.29, 1.82) is 0 Å². The Labute approximate surface area is 153 Å². The molecule has 1 aromatic carbocycles. The van der Waals surface area contributed by atoms with Crippen LogP contribution in [-0.2, 0) is 0 Å². The van der Waals surface area contributed by atoms with Gasteiger partial charge in [0.1, 0.15) is 5.75 Å². The number of hydrogen-bond acceptors (Lipinski definition) is 1. The third kappa shape index (κ3) is 6.60. The van der Waals surface area contributed by atoms with Crippen molar-refractivity contribution in [2.24, 2.45) is 11.8 Å². The third-order valence-electron chi connectivity index (χ3n) is 5.34. The maximum absolute atomic E-state index is 13.9. The van der Waals surface area contributed by atoms with E-state index in [0.29, 0.717) is 12.3 Å². The summed E-state index contributed by atoms with van der Waals surface area (Å²) in [6.45, 7) is 9.52. The molecule has 0 aromatic heterocycles. The molecule has 1 unspecified atom stereocenters. The summed E-state index contributed by atoms with van der Waals surface area (Å²) in [5, 5.41) is 0. The Bertz CT molecular complexity index is 461. The van der Waals surface area contributed by atoms with E-state index in [1.54, 1.807) is 19.1 Å². The van der Waals surface area contributed by atoms with Crippen LogP contribution in [0.3, 0.4) is 0 Å². The van der Waals surface area contributed by atoms with Gasteiger partial charge in [-0.15, -0.1) is 0 Å². The number of hydrogen-bond donors (Lipinski definition) is 0. The molecule has 2 rings (SSSR count). The molecule has 1 saturated carbocycles. The van der Waals surface area contributed by atoms with Gasteiger partial charge < -0.3 is 4.74 Å². The van der Waals surface area contributed by atoms with Gasteiger partial charge in [0.05, 0.1) is 5.92 Å². The molecule has 0 bridgehead atoms. The van der Waals surface area contributed by atoms with Crippen LogP contribution in [0.5, 0.6) is 5.75 Å². The van der Waals surface area contributed by atoms with E-state index in [-0.39, 0.29) is 5.75 Å². The summed E-state index contributed by atoms with van der Waals surface area (Å²) in [6.07, 6.45) is 4.92. The summed E-state index contributed by atoms with van der Waals surface area (Å²) in [6, 6.07) is 7.33. The lowest BCUT2D eigenvalue weighted by Crippen LogP contribution is -2.32. The molecule has 1 aromatic rings. The van der Waals surface area contributed by atoms with Crippen LogP contribution in [0.15, 0.2) is 24.3 Å². The summed E-state index contributed by atoms with van der Waals surface area (Å²) in [5.74, 6) is 0.940. The van der Waals surface area contributed by atoms with Crippen molar-refractivity contribution in [2.75, 3.05) is 0 Å². The van der Waals surface area contributed by atoms with Crippen molar-refractivity contribution in [3.8, 4) is 5.75 Å². The molecule has 0 radical (unpaired) electrons. The fourth-order valence-corrected chi connectivity index (χ4v) is 3.50. The molecule has 144 valence electrons. The van der Waals surface area contributed by atoms with Crippen LogP contribution in [-0.4, -0.2) is 6.11 Å². The molecule has 0 amide bonds. The maximum Gasteiger partial charge on any atom is 0.400 e. The van der Waals surface area contributed by atoms with Crippen LogP contribution in [0, 0.1) is 11.8 Å². The van der Waals surface area contributed by atoms with Gasteiger partial charge >= 0.3 is 6.11 Å². The number of alkyl halides is 2. The summed E-state index contributed by atoms with van der Waals surface area (Å²) < 4.78 is 32.6. The summed E-state index contributed by atoms with van der Waals surface area (Å²) in [5.41, 5.74) is 1.26. The Kier molecular flexibility index (Phi) is 9.45. The minimum Gasteiger partial charge on any atom is -0.432 e. The van der Waals surface area contributed by atoms with Gasteiger partial charge in [0.2, 0.25) is 0 Å². The van der Waals surface area contributed by atoms with E-state index in [9.17, 15) is 8.78 Å². The second-order valence-electron chi connectivity index (χ2n) is 7.05. The first kappa shape index (κ1) is 21.9. The number of halogens is 2. The fraction of sp³-hybridized carbons (Fsp3) is 0.727. The first-order chi connectivity index (χ1) is 12.0. The van der Waals surface area contributed by atoms with Crippen molar-refractivity contribution < 1.29 is 13.5 Å². The maximum atomic E-state index is 13.9. The standard InChI is InChI=1S/C20H30F2O.C2H6/c1-4-6-16-7-9-17(10-8-16)18-11-13-19(14-12-18)23-20(21,22)15(3)5-2;1-2/h11-17H,4-10H2,1-3H3;1-2H3. The molecule has 1 fully saturated rings. The summed E-state index contributed by atoms with van der Waals surface area (Å²) in [4.78, 5) is 0. The van der Waals surface area contributed by atoms with Crippen LogP contribution in [0.4, 0.5) is 8.78 Å². The van der Waals surface area contributed by atoms with E-state index in [1.165, 1.54) is 51.0 Å². The third-order valence-corrected chi connectivity index (χ3v) is 5.34. The molecule has 1 aliphatic carbocycles. The van der Waals surface area contributed by atoms with Crippen molar-refractivity contribution in [3.63, 3.8) is 0 Å². The molecule has 0 N–H and O–H groups in total. The molecular formula is C22H36F2O. The predicted molar refractivity (Wildman–Crippen MR) is 102 cm³/mol. The SMILES string of the molecule is CC.CCCC1CCC(c2ccc(OC(F)(F)C(C)CC)cc2)CC1. The van der Waals surface area contributed by atoms with Gasteiger partial charge in [-0.05, 0) is 61.6 Å². The largest absolute Gasteiger partial charge is 0.432 e. The molecule has 0 aliphatic heterocycles. The monoisotopic (exact) mass is 354 g/mol. The highest BCUT2D eigenvalue weighted by atomic mass is 19.3. The number of ether oxygens (including phenoxy) is 1. The molecule has 25 heavy (non-hydrogen) atoms. The highest BCUT2D eigenvalue weighted by Crippen LogP contribution is 2.38. The van der Waals surface area contributed by atoms with Crippen molar-refractivity contribution >= 4 is 0 Å². The van der Waals surface area contributed by atoms with Crippen molar-refractivity contribution in [3.05, 3.63) is 29.8 Å². The molecule has 3 heteroatoms. The average molecular weight is 355 g/mol. The molecule has 0 spiro atoms. The first-order valence-electron chi connectivity index (χ1n) is 10.1. The van der Waals surface area contributed by atoms with E-state index in [0.717, 1.165) is 5.92 Å². The first-order valence-corrected chi connectivity index (χ1v) is 10.1. The highest BCUT2D eigenvalue weighted by molar-refractivity contribution is 5.30. The average Bonchev–Trinajstić information content (AvgIpc) is 2.64. The Morgan fingerprint density at radius 3 is 2.08 bits per heavy atom. The Morgan fingerprint density at radius 1 is 1.04 bits per heavy atom. The quantitative estimate of drug-likeness (QED) is 0.485. The van der Waals surface area contributed by atoms with Crippen LogP contribution < -0.4 is 4.74 Å². The van der Waals surface area contributed by atoms with Gasteiger partial charge in [-0.2, -0.15) is 8.78 Å². The summed E-state index contributed by atoms with van der Waals surface area (Å²) >= 11 is 0. The van der Waals surface area contributed by atoms with E-state index in [2.05, 4.69) is 6.92 Å². The van der Waals surface area contributed by atoms with Crippen molar-refractivity contribution in [2.45, 2.75) is 91.6 Å². The van der Waals surface area contributed by atoms with E-state index in [4.69, 9.17) is 4.74 Å². The van der Waals surface area contributed by atoms with Crippen molar-refractivity contribution in [1.82, 2.24) is 0 Å². The Morgan fingerprint density at radius 2 is 1.60 bits per heavy atom. The molecule has 1 atom stereocenters.